The number of hydrogen-bond acceptors (Lipinski definition) is 3. The Balaban J connectivity index is 0.00000225. The van der Waals surface area contributed by atoms with Crippen LogP contribution in [-0.2, 0) is 0 Å². The van der Waals surface area contributed by atoms with E-state index in [2.05, 4.69) is 23.4 Å². The number of anilines is 1. The Bertz CT molecular complexity index is 363. The van der Waals surface area contributed by atoms with E-state index >= 15 is 0 Å². The summed E-state index contributed by atoms with van der Waals surface area (Å²) in [6, 6.07) is 3.93. The van der Waals surface area contributed by atoms with Gasteiger partial charge in [0, 0.05) is 32.0 Å². The molecular weight excluding hydrogens is 186 g/mol. The fourth-order valence-corrected chi connectivity index (χ4v) is 1.48. The number of rotatable bonds is 4. The summed E-state index contributed by atoms with van der Waals surface area (Å²) in [7, 11) is 2.04. The van der Waals surface area contributed by atoms with Crippen molar-refractivity contribution in [2.24, 2.45) is 5.73 Å². The van der Waals surface area contributed by atoms with E-state index in [0.717, 1.165) is 30.0 Å². The number of nitrogens with zero attached hydrogens (tertiary/aromatic N) is 2. The molecule has 15 heavy (non-hydrogen) atoms. The topological polar surface area (TPSA) is 42.1 Å². The van der Waals surface area contributed by atoms with Crippen molar-refractivity contribution in [3.05, 3.63) is 30.0 Å². The Morgan fingerprint density at radius 2 is 2.27 bits per heavy atom. The number of nitrogens with two attached hydrogens (primary N) is 1. The monoisotopic (exact) mass is 207 g/mol. The summed E-state index contributed by atoms with van der Waals surface area (Å²) in [5.74, 6) is 0.957. The highest BCUT2D eigenvalue weighted by Gasteiger charge is 2.05. The smallest absolute Gasteiger partial charge is 0.129 e. The lowest BCUT2D eigenvalue weighted by molar-refractivity contribution is 0.834. The second kappa shape index (κ2) is 4.82. The van der Waals surface area contributed by atoms with Gasteiger partial charge in [0.15, 0.2) is 0 Å². The average molecular weight is 207 g/mol. The molecule has 0 saturated carbocycles. The van der Waals surface area contributed by atoms with Crippen molar-refractivity contribution in [1.29, 1.82) is 0 Å². The largest absolute Gasteiger partial charge is 0.399 e. The zero-order valence-electron chi connectivity index (χ0n) is 9.75. The highest BCUT2D eigenvalue weighted by molar-refractivity contribution is 5.63. The van der Waals surface area contributed by atoms with Crippen molar-refractivity contribution < 1.29 is 1.43 Å². The molecule has 0 atom stereocenters. The molecule has 0 fully saturated rings. The van der Waals surface area contributed by atoms with Gasteiger partial charge >= 0.3 is 0 Å². The molecule has 0 radical (unpaired) electrons. The molecule has 3 heteroatoms. The van der Waals surface area contributed by atoms with E-state index in [1.54, 1.807) is 0 Å². The molecule has 0 aliphatic heterocycles. The van der Waals surface area contributed by atoms with Gasteiger partial charge in [-0.25, -0.2) is 4.98 Å². The van der Waals surface area contributed by atoms with Crippen molar-refractivity contribution in [1.82, 2.24) is 4.98 Å². The predicted molar refractivity (Wildman–Crippen MR) is 67.9 cm³/mol. The van der Waals surface area contributed by atoms with Gasteiger partial charge in [0.25, 0.3) is 0 Å². The van der Waals surface area contributed by atoms with E-state index in [1.807, 2.05) is 26.1 Å². The second-order valence-corrected chi connectivity index (χ2v) is 3.80. The third-order valence-corrected chi connectivity index (χ3v) is 2.26. The SMILES string of the molecule is C=C(N)c1cc(C)nc(N(C)CCC)c1.[HH]. The number of aromatic nitrogens is 1. The van der Waals surface area contributed by atoms with Crippen LogP contribution in [0.4, 0.5) is 5.82 Å². The molecule has 0 bridgehead atoms. The quantitative estimate of drug-likeness (QED) is 0.824. The first kappa shape index (κ1) is 11.6. The zero-order chi connectivity index (χ0) is 11.4. The fraction of sp³-hybridized carbons (Fsp3) is 0.417. The fourth-order valence-electron chi connectivity index (χ4n) is 1.48. The first-order chi connectivity index (χ1) is 7.04. The van der Waals surface area contributed by atoms with Crippen LogP contribution in [0.1, 0.15) is 26.0 Å². The van der Waals surface area contributed by atoms with Gasteiger partial charge in [-0.3, -0.25) is 0 Å². The first-order valence-corrected chi connectivity index (χ1v) is 5.19. The van der Waals surface area contributed by atoms with Crippen LogP contribution < -0.4 is 10.6 Å². The van der Waals surface area contributed by atoms with E-state index in [9.17, 15) is 0 Å². The molecule has 0 unspecified atom stereocenters. The normalized spacial score (nSPS) is 10.1. The Morgan fingerprint density at radius 1 is 1.60 bits per heavy atom. The maximum absolute atomic E-state index is 5.68. The molecule has 0 aromatic carbocycles. The van der Waals surface area contributed by atoms with E-state index in [-0.39, 0.29) is 1.43 Å². The predicted octanol–water partition coefficient (Wildman–Crippen LogP) is 2.41. The van der Waals surface area contributed by atoms with E-state index in [0.29, 0.717) is 5.70 Å². The minimum absolute atomic E-state index is 0. The van der Waals surface area contributed by atoms with Gasteiger partial charge in [-0.2, -0.15) is 0 Å². The lowest BCUT2D eigenvalue weighted by Gasteiger charge is -2.18. The van der Waals surface area contributed by atoms with Crippen LogP contribution >= 0.6 is 0 Å². The van der Waals surface area contributed by atoms with Crippen LogP contribution in [0.25, 0.3) is 5.70 Å². The third-order valence-electron chi connectivity index (χ3n) is 2.26. The Labute approximate surface area is 93.1 Å². The third kappa shape index (κ3) is 2.98. The van der Waals surface area contributed by atoms with Gasteiger partial charge in [0.05, 0.1) is 0 Å². The summed E-state index contributed by atoms with van der Waals surface area (Å²) in [4.78, 5) is 6.59. The summed E-state index contributed by atoms with van der Waals surface area (Å²) >= 11 is 0. The molecule has 0 aliphatic rings. The molecule has 1 heterocycles. The van der Waals surface area contributed by atoms with Gasteiger partial charge < -0.3 is 10.6 Å². The highest BCUT2D eigenvalue weighted by Crippen LogP contribution is 2.16. The molecule has 0 saturated heterocycles. The molecule has 3 nitrogen and oxygen atoms in total. The van der Waals surface area contributed by atoms with Crippen LogP contribution in [0, 0.1) is 6.92 Å². The van der Waals surface area contributed by atoms with Gasteiger partial charge in [0.2, 0.25) is 0 Å². The Morgan fingerprint density at radius 3 is 2.80 bits per heavy atom. The Kier molecular flexibility index (Phi) is 3.72. The van der Waals surface area contributed by atoms with Crippen LogP contribution in [0.3, 0.4) is 0 Å². The Hall–Kier alpha value is -1.51. The molecule has 84 valence electrons. The minimum Gasteiger partial charge on any atom is -0.399 e. The molecule has 1 rings (SSSR count). The average Bonchev–Trinajstić information content (AvgIpc) is 2.17. The van der Waals surface area contributed by atoms with E-state index in [4.69, 9.17) is 5.73 Å². The maximum atomic E-state index is 5.68. The lowest BCUT2D eigenvalue weighted by Crippen LogP contribution is -2.19. The standard InChI is InChI=1S/C12H19N3.H2/c1-5-6-15(4)12-8-11(10(3)13)7-9(2)14-12;/h7-8H,3,5-6,13H2,1-2,4H3;1H. The number of aryl methyl sites for hydroxylation is 1. The first-order valence-electron chi connectivity index (χ1n) is 5.19. The van der Waals surface area contributed by atoms with Crippen LogP contribution in [0.15, 0.2) is 18.7 Å². The van der Waals surface area contributed by atoms with Crippen LogP contribution in [0.2, 0.25) is 0 Å². The summed E-state index contributed by atoms with van der Waals surface area (Å²) in [6.07, 6.45) is 1.10. The molecule has 1 aromatic heterocycles. The molecule has 0 aliphatic carbocycles. The molecule has 2 N–H and O–H groups in total. The van der Waals surface area contributed by atoms with Crippen molar-refractivity contribution in [3.63, 3.8) is 0 Å². The van der Waals surface area contributed by atoms with Gasteiger partial charge in [-0.05, 0) is 25.5 Å². The molecule has 0 amide bonds. The van der Waals surface area contributed by atoms with Crippen LogP contribution in [-0.4, -0.2) is 18.6 Å². The van der Waals surface area contributed by atoms with Crippen molar-refractivity contribution in [3.8, 4) is 0 Å². The second-order valence-electron chi connectivity index (χ2n) is 3.80. The number of pyridine rings is 1. The number of hydrogen-bond donors (Lipinski definition) is 1. The van der Waals surface area contributed by atoms with E-state index in [1.165, 1.54) is 0 Å². The van der Waals surface area contributed by atoms with Crippen molar-refractivity contribution in [2.75, 3.05) is 18.5 Å². The van der Waals surface area contributed by atoms with Gasteiger partial charge in [-0.15, -0.1) is 0 Å². The van der Waals surface area contributed by atoms with Gasteiger partial charge in [-0.1, -0.05) is 13.5 Å². The lowest BCUT2D eigenvalue weighted by atomic mass is 10.2. The molecule has 0 spiro atoms. The summed E-state index contributed by atoms with van der Waals surface area (Å²) in [5, 5.41) is 0. The zero-order valence-corrected chi connectivity index (χ0v) is 9.75. The molecular formula is C12H21N3. The van der Waals surface area contributed by atoms with Crippen molar-refractivity contribution >= 4 is 11.5 Å². The highest BCUT2D eigenvalue weighted by atomic mass is 15.2. The summed E-state index contributed by atoms with van der Waals surface area (Å²) < 4.78 is 0. The molecule has 1 aromatic rings. The van der Waals surface area contributed by atoms with Crippen molar-refractivity contribution in [2.45, 2.75) is 20.3 Å². The maximum Gasteiger partial charge on any atom is 0.129 e. The van der Waals surface area contributed by atoms with Gasteiger partial charge in [0.1, 0.15) is 5.82 Å². The minimum atomic E-state index is 0. The van der Waals surface area contributed by atoms with E-state index < -0.39 is 0 Å². The summed E-state index contributed by atoms with van der Waals surface area (Å²) in [6.45, 7) is 8.85. The summed E-state index contributed by atoms with van der Waals surface area (Å²) in [5.41, 5.74) is 8.20. The van der Waals surface area contributed by atoms with Crippen LogP contribution in [0.5, 0.6) is 0 Å².